The molecule has 0 amide bonds. The van der Waals surface area contributed by atoms with Crippen LogP contribution in [0.5, 0.6) is 0 Å². The molecule has 2 aromatic heterocycles. The molecule has 0 bridgehead atoms. The number of rotatable bonds is 5. The van der Waals surface area contributed by atoms with E-state index in [9.17, 15) is 4.39 Å². The third-order valence-corrected chi connectivity index (χ3v) is 4.18. The molecular formula is C18H19FN4O2. The van der Waals surface area contributed by atoms with Gasteiger partial charge in [-0.1, -0.05) is 6.07 Å². The van der Waals surface area contributed by atoms with Crippen LogP contribution in [0.3, 0.4) is 0 Å². The average molecular weight is 342 g/mol. The summed E-state index contributed by atoms with van der Waals surface area (Å²) in [7, 11) is 0. The Bertz CT molecular complexity index is 818. The van der Waals surface area contributed by atoms with Gasteiger partial charge in [0.2, 0.25) is 5.89 Å². The minimum atomic E-state index is -0.299. The van der Waals surface area contributed by atoms with E-state index in [1.54, 1.807) is 24.6 Å². The van der Waals surface area contributed by atoms with Gasteiger partial charge in [0.25, 0.3) is 0 Å². The van der Waals surface area contributed by atoms with E-state index in [1.165, 1.54) is 12.1 Å². The molecule has 0 aliphatic carbocycles. The second-order valence-electron chi connectivity index (χ2n) is 6.11. The van der Waals surface area contributed by atoms with Crippen LogP contribution in [-0.4, -0.2) is 45.5 Å². The molecule has 6 nitrogen and oxygen atoms in total. The van der Waals surface area contributed by atoms with Gasteiger partial charge >= 0.3 is 0 Å². The summed E-state index contributed by atoms with van der Waals surface area (Å²) in [6.45, 7) is 3.75. The van der Waals surface area contributed by atoms with Crippen molar-refractivity contribution in [1.82, 2.24) is 19.7 Å². The maximum Gasteiger partial charge on any atom is 0.226 e. The van der Waals surface area contributed by atoms with Gasteiger partial charge in [-0.3, -0.25) is 9.58 Å². The number of halogens is 1. The molecule has 0 saturated carbocycles. The van der Waals surface area contributed by atoms with Crippen LogP contribution >= 0.6 is 0 Å². The largest absolute Gasteiger partial charge is 0.444 e. The number of aromatic nitrogens is 3. The summed E-state index contributed by atoms with van der Waals surface area (Å²) >= 11 is 0. The van der Waals surface area contributed by atoms with Crippen molar-refractivity contribution in [2.45, 2.75) is 19.2 Å². The van der Waals surface area contributed by atoms with E-state index in [0.717, 1.165) is 25.3 Å². The van der Waals surface area contributed by atoms with E-state index in [2.05, 4.69) is 15.0 Å². The molecule has 0 radical (unpaired) electrons. The van der Waals surface area contributed by atoms with E-state index < -0.39 is 0 Å². The van der Waals surface area contributed by atoms with Crippen LogP contribution in [0.2, 0.25) is 0 Å². The van der Waals surface area contributed by atoms with Crippen molar-refractivity contribution in [1.29, 1.82) is 0 Å². The minimum absolute atomic E-state index is 0.100. The molecule has 7 heteroatoms. The van der Waals surface area contributed by atoms with Gasteiger partial charge in [0.15, 0.2) is 0 Å². The van der Waals surface area contributed by atoms with Crippen LogP contribution in [0.1, 0.15) is 5.69 Å². The van der Waals surface area contributed by atoms with Crippen molar-refractivity contribution in [3.8, 4) is 11.5 Å². The Labute approximate surface area is 144 Å². The fourth-order valence-electron chi connectivity index (χ4n) is 3.01. The lowest BCUT2D eigenvalue weighted by Gasteiger charge is -2.32. The minimum Gasteiger partial charge on any atom is -0.444 e. The molecule has 1 saturated heterocycles. The van der Waals surface area contributed by atoms with Crippen LogP contribution in [0.15, 0.2) is 53.4 Å². The van der Waals surface area contributed by atoms with Gasteiger partial charge in [-0.25, -0.2) is 9.37 Å². The molecule has 25 heavy (non-hydrogen) atoms. The average Bonchev–Trinajstić information content (AvgIpc) is 3.27. The fourth-order valence-corrected chi connectivity index (χ4v) is 3.01. The topological polar surface area (TPSA) is 56.3 Å². The Morgan fingerprint density at radius 1 is 1.28 bits per heavy atom. The highest BCUT2D eigenvalue weighted by atomic mass is 19.1. The van der Waals surface area contributed by atoms with Gasteiger partial charge in [-0.2, -0.15) is 5.10 Å². The van der Waals surface area contributed by atoms with Crippen LogP contribution in [0.4, 0.5) is 4.39 Å². The number of benzene rings is 1. The molecule has 0 spiro atoms. The van der Waals surface area contributed by atoms with Gasteiger partial charge in [0.05, 0.1) is 24.9 Å². The molecule has 0 N–H and O–H groups in total. The van der Waals surface area contributed by atoms with E-state index >= 15 is 0 Å². The van der Waals surface area contributed by atoms with Crippen LogP contribution in [0.25, 0.3) is 11.5 Å². The summed E-state index contributed by atoms with van der Waals surface area (Å²) in [5, 5.41) is 4.22. The first-order valence-corrected chi connectivity index (χ1v) is 8.28. The molecule has 1 atom stereocenters. The van der Waals surface area contributed by atoms with Crippen molar-refractivity contribution in [3.63, 3.8) is 0 Å². The van der Waals surface area contributed by atoms with Crippen LogP contribution in [0, 0.1) is 5.82 Å². The smallest absolute Gasteiger partial charge is 0.226 e. The highest BCUT2D eigenvalue weighted by Gasteiger charge is 2.22. The quantitative estimate of drug-likeness (QED) is 0.713. The zero-order valence-corrected chi connectivity index (χ0v) is 13.7. The molecule has 1 aliphatic rings. The van der Waals surface area contributed by atoms with Crippen molar-refractivity contribution >= 4 is 0 Å². The maximum absolute atomic E-state index is 13.3. The van der Waals surface area contributed by atoms with Gasteiger partial charge in [0, 0.05) is 37.6 Å². The van der Waals surface area contributed by atoms with E-state index in [0.29, 0.717) is 24.6 Å². The molecule has 1 aliphatic heterocycles. The third-order valence-electron chi connectivity index (χ3n) is 4.18. The van der Waals surface area contributed by atoms with Crippen molar-refractivity contribution < 1.29 is 13.5 Å². The van der Waals surface area contributed by atoms with Crippen LogP contribution in [-0.2, 0) is 17.8 Å². The Morgan fingerprint density at radius 3 is 3.08 bits per heavy atom. The Kier molecular flexibility index (Phi) is 4.58. The molecule has 4 rings (SSSR count). The van der Waals surface area contributed by atoms with Crippen molar-refractivity contribution in [2.24, 2.45) is 0 Å². The van der Waals surface area contributed by atoms with Gasteiger partial charge < -0.3 is 9.15 Å². The monoisotopic (exact) mass is 342 g/mol. The number of nitrogens with zero attached hydrogens (tertiary/aromatic N) is 4. The summed E-state index contributed by atoms with van der Waals surface area (Å²) in [4.78, 5) is 6.77. The fraction of sp³-hybridized carbons (Fsp3) is 0.333. The third kappa shape index (κ3) is 3.94. The number of morpholine rings is 1. The maximum atomic E-state index is 13.3. The first kappa shape index (κ1) is 16.0. The van der Waals surface area contributed by atoms with E-state index in [-0.39, 0.29) is 11.9 Å². The van der Waals surface area contributed by atoms with Crippen LogP contribution < -0.4 is 0 Å². The summed E-state index contributed by atoms with van der Waals surface area (Å²) in [5.74, 6) is 0.141. The Balaban J connectivity index is 1.38. The molecule has 3 heterocycles. The number of hydrogen-bond acceptors (Lipinski definition) is 5. The molecule has 3 aromatic rings. The standard InChI is InChI=1S/C18H19FN4O2/c19-15-4-1-3-14(9-15)18-21-16(13-25-18)10-22-7-8-24-17(11-22)12-23-6-2-5-20-23/h1-6,9,13,17H,7-8,10-12H2/t17-/m1/s1. The lowest BCUT2D eigenvalue weighted by Crippen LogP contribution is -2.43. The lowest BCUT2D eigenvalue weighted by molar-refractivity contribution is -0.0405. The number of oxazole rings is 1. The number of ether oxygens (including phenoxy) is 1. The summed E-state index contributed by atoms with van der Waals surface area (Å²) in [6.07, 6.45) is 5.44. The summed E-state index contributed by atoms with van der Waals surface area (Å²) in [5.41, 5.74) is 1.48. The van der Waals surface area contributed by atoms with Gasteiger partial charge in [-0.05, 0) is 24.3 Å². The molecular weight excluding hydrogens is 323 g/mol. The Morgan fingerprint density at radius 2 is 2.24 bits per heavy atom. The first-order chi connectivity index (χ1) is 12.3. The van der Waals surface area contributed by atoms with Gasteiger partial charge in [-0.15, -0.1) is 0 Å². The lowest BCUT2D eigenvalue weighted by atomic mass is 10.2. The molecule has 1 fully saturated rings. The Hall–Kier alpha value is -2.51. The van der Waals surface area contributed by atoms with Crippen molar-refractivity contribution in [2.75, 3.05) is 19.7 Å². The molecule has 1 aromatic carbocycles. The zero-order valence-electron chi connectivity index (χ0n) is 13.7. The van der Waals surface area contributed by atoms with E-state index in [4.69, 9.17) is 9.15 Å². The highest BCUT2D eigenvalue weighted by Crippen LogP contribution is 2.20. The SMILES string of the molecule is Fc1cccc(-c2nc(CN3CCO[C@@H](Cn4cccn4)C3)co2)c1. The summed E-state index contributed by atoms with van der Waals surface area (Å²) in [6, 6.07) is 8.17. The first-order valence-electron chi connectivity index (χ1n) is 8.28. The second-order valence-corrected chi connectivity index (χ2v) is 6.11. The summed E-state index contributed by atoms with van der Waals surface area (Å²) < 4.78 is 26.5. The molecule has 0 unspecified atom stereocenters. The molecule has 130 valence electrons. The number of hydrogen-bond donors (Lipinski definition) is 0. The van der Waals surface area contributed by atoms with E-state index in [1.807, 2.05) is 16.9 Å². The zero-order chi connectivity index (χ0) is 17.1. The predicted molar refractivity (Wildman–Crippen MR) is 89.1 cm³/mol. The van der Waals surface area contributed by atoms with Crippen molar-refractivity contribution in [3.05, 3.63) is 60.5 Å². The van der Waals surface area contributed by atoms with Gasteiger partial charge in [0.1, 0.15) is 12.1 Å². The predicted octanol–water partition coefficient (Wildman–Crippen LogP) is 2.58. The highest BCUT2D eigenvalue weighted by molar-refractivity contribution is 5.52. The normalized spacial score (nSPS) is 18.5. The second kappa shape index (κ2) is 7.16.